The van der Waals surface area contributed by atoms with Gasteiger partial charge in [-0.15, -0.1) is 0 Å². The maximum absolute atomic E-state index is 12.8. The number of aromatic nitrogens is 4. The number of nitrogens with zero attached hydrogens (tertiary/aromatic N) is 4. The number of rotatable bonds is 3. The molecule has 0 unspecified atom stereocenters. The van der Waals surface area contributed by atoms with E-state index >= 15 is 0 Å². The van der Waals surface area contributed by atoms with Crippen LogP contribution >= 0.6 is 0 Å². The molecule has 5 rings (SSSR count). The zero-order chi connectivity index (χ0) is 19.6. The molecule has 7 nitrogen and oxygen atoms in total. The van der Waals surface area contributed by atoms with Crippen LogP contribution in [-0.2, 0) is 4.74 Å². The van der Waals surface area contributed by atoms with Gasteiger partial charge in [-0.1, -0.05) is 60.7 Å². The summed E-state index contributed by atoms with van der Waals surface area (Å²) >= 11 is 0. The van der Waals surface area contributed by atoms with Gasteiger partial charge in [0, 0.05) is 24.2 Å². The first-order valence-corrected chi connectivity index (χ1v) is 9.55. The first kappa shape index (κ1) is 17.5. The van der Waals surface area contributed by atoms with Gasteiger partial charge in [0.2, 0.25) is 5.95 Å². The molecule has 0 bridgehead atoms. The number of nitrogens with one attached hydrogen (secondary N) is 1. The number of hydrogen-bond donors (Lipinski definition) is 1. The van der Waals surface area contributed by atoms with Crippen molar-refractivity contribution in [2.24, 2.45) is 0 Å². The molecule has 29 heavy (non-hydrogen) atoms. The van der Waals surface area contributed by atoms with E-state index in [-0.39, 0.29) is 11.1 Å². The minimum absolute atomic E-state index is 0.237. The molecule has 0 radical (unpaired) electrons. The van der Waals surface area contributed by atoms with Crippen molar-refractivity contribution in [3.05, 3.63) is 71.0 Å². The van der Waals surface area contributed by atoms with Crippen molar-refractivity contribution < 1.29 is 4.74 Å². The lowest BCUT2D eigenvalue weighted by Crippen LogP contribution is -2.38. The van der Waals surface area contributed by atoms with Crippen molar-refractivity contribution in [3.8, 4) is 22.5 Å². The molecule has 3 heterocycles. The smallest absolute Gasteiger partial charge is 0.280 e. The molecule has 4 aromatic rings. The lowest BCUT2D eigenvalue weighted by atomic mass is 10.0. The van der Waals surface area contributed by atoms with Gasteiger partial charge in [0.05, 0.1) is 24.6 Å². The van der Waals surface area contributed by atoms with Crippen molar-refractivity contribution in [2.45, 2.75) is 0 Å². The Morgan fingerprint density at radius 3 is 2.00 bits per heavy atom. The third-order valence-electron chi connectivity index (χ3n) is 4.93. The van der Waals surface area contributed by atoms with E-state index in [0.717, 1.165) is 11.1 Å². The summed E-state index contributed by atoms with van der Waals surface area (Å²) in [6.45, 7) is 2.57. The van der Waals surface area contributed by atoms with Crippen LogP contribution in [0.4, 0.5) is 5.95 Å². The monoisotopic (exact) mass is 385 g/mol. The number of fused-ring (bicyclic) bond motifs is 1. The first-order chi connectivity index (χ1) is 14.3. The predicted molar refractivity (Wildman–Crippen MR) is 112 cm³/mol. The van der Waals surface area contributed by atoms with E-state index in [0.29, 0.717) is 49.3 Å². The molecule has 7 heteroatoms. The Bertz CT molecular complexity index is 1200. The van der Waals surface area contributed by atoms with E-state index in [1.807, 2.05) is 65.6 Å². The Morgan fingerprint density at radius 2 is 1.38 bits per heavy atom. The normalized spacial score (nSPS) is 14.3. The largest absolute Gasteiger partial charge is 0.378 e. The van der Waals surface area contributed by atoms with E-state index < -0.39 is 0 Å². The molecule has 1 N–H and O–H groups in total. The first-order valence-electron chi connectivity index (χ1n) is 9.55. The van der Waals surface area contributed by atoms with Crippen LogP contribution < -0.4 is 10.5 Å². The van der Waals surface area contributed by atoms with Crippen LogP contribution in [0.5, 0.6) is 0 Å². The third kappa shape index (κ3) is 3.36. The maximum atomic E-state index is 12.8. The fourth-order valence-corrected chi connectivity index (χ4v) is 3.47. The van der Waals surface area contributed by atoms with Gasteiger partial charge in [-0.3, -0.25) is 9.78 Å². The van der Waals surface area contributed by atoms with Crippen molar-refractivity contribution in [1.29, 1.82) is 0 Å². The Hall–Kier alpha value is -3.58. The second-order valence-corrected chi connectivity index (χ2v) is 6.81. The molecule has 1 fully saturated rings. The fourth-order valence-electron chi connectivity index (χ4n) is 3.47. The molecule has 0 aliphatic carbocycles. The van der Waals surface area contributed by atoms with Crippen LogP contribution in [0.25, 0.3) is 33.7 Å². The molecular formula is C22H19N5O2. The average Bonchev–Trinajstić information content (AvgIpc) is 2.80. The van der Waals surface area contributed by atoms with E-state index in [2.05, 4.69) is 9.97 Å². The summed E-state index contributed by atoms with van der Waals surface area (Å²) in [7, 11) is 0. The second-order valence-electron chi connectivity index (χ2n) is 6.81. The Morgan fingerprint density at radius 1 is 0.793 bits per heavy atom. The van der Waals surface area contributed by atoms with Gasteiger partial charge >= 0.3 is 0 Å². The van der Waals surface area contributed by atoms with Gasteiger partial charge < -0.3 is 9.64 Å². The molecule has 1 aliphatic rings. The van der Waals surface area contributed by atoms with Gasteiger partial charge in [-0.25, -0.2) is 9.97 Å². The highest BCUT2D eigenvalue weighted by Gasteiger charge is 2.19. The van der Waals surface area contributed by atoms with Crippen LogP contribution in [0.1, 0.15) is 0 Å². The summed E-state index contributed by atoms with van der Waals surface area (Å²) in [5.74, 6) is 0.506. The molecule has 1 saturated heterocycles. The third-order valence-corrected chi connectivity index (χ3v) is 4.93. The Labute approximate surface area is 167 Å². The van der Waals surface area contributed by atoms with Gasteiger partial charge in [-0.05, 0) is 0 Å². The maximum Gasteiger partial charge on any atom is 0.280 e. The number of benzene rings is 2. The van der Waals surface area contributed by atoms with E-state index in [1.165, 1.54) is 0 Å². The van der Waals surface area contributed by atoms with Crippen molar-refractivity contribution in [1.82, 2.24) is 19.9 Å². The summed E-state index contributed by atoms with van der Waals surface area (Å²) in [6, 6.07) is 19.6. The van der Waals surface area contributed by atoms with Crippen LogP contribution in [0, 0.1) is 0 Å². The molecular weight excluding hydrogens is 366 g/mol. The average molecular weight is 385 g/mol. The van der Waals surface area contributed by atoms with Crippen molar-refractivity contribution in [2.75, 3.05) is 31.2 Å². The van der Waals surface area contributed by atoms with Gasteiger partial charge in [-0.2, -0.15) is 4.98 Å². The SMILES string of the molecule is O=c1[nH]c(N2CCOCC2)nc2nc(-c3ccccc3)c(-c3ccccc3)nc12. The summed E-state index contributed by atoms with van der Waals surface area (Å²) < 4.78 is 5.39. The van der Waals surface area contributed by atoms with E-state index in [4.69, 9.17) is 14.7 Å². The standard InChI is InChI=1S/C22H19N5O2/c28-21-19-20(25-22(26-21)27-11-13-29-14-12-27)24-18(16-9-5-2-6-10-16)17(23-19)15-7-3-1-4-8-15/h1-10H,11-14H2,(H,24,25,26,28). The predicted octanol–water partition coefficient (Wildman–Crippen LogP) is 2.88. The topological polar surface area (TPSA) is 84.0 Å². The molecule has 2 aromatic carbocycles. The zero-order valence-electron chi connectivity index (χ0n) is 15.7. The summed E-state index contributed by atoms with van der Waals surface area (Å²) in [6.07, 6.45) is 0. The number of anilines is 1. The highest BCUT2D eigenvalue weighted by Crippen LogP contribution is 2.30. The lowest BCUT2D eigenvalue weighted by molar-refractivity contribution is 0.122. The summed E-state index contributed by atoms with van der Waals surface area (Å²) in [4.78, 5) is 31.8. The molecule has 0 spiro atoms. The lowest BCUT2D eigenvalue weighted by Gasteiger charge is -2.27. The molecule has 1 aliphatic heterocycles. The van der Waals surface area contributed by atoms with Crippen LogP contribution in [0.2, 0.25) is 0 Å². The molecule has 144 valence electrons. The van der Waals surface area contributed by atoms with E-state index in [9.17, 15) is 4.79 Å². The molecule has 2 aromatic heterocycles. The Kier molecular flexibility index (Phi) is 4.50. The van der Waals surface area contributed by atoms with Gasteiger partial charge in [0.15, 0.2) is 11.2 Å². The molecule has 0 saturated carbocycles. The van der Waals surface area contributed by atoms with Crippen molar-refractivity contribution in [3.63, 3.8) is 0 Å². The number of ether oxygens (including phenoxy) is 1. The number of hydrogen-bond acceptors (Lipinski definition) is 6. The summed E-state index contributed by atoms with van der Waals surface area (Å²) in [5, 5.41) is 0. The van der Waals surface area contributed by atoms with Crippen molar-refractivity contribution >= 4 is 17.1 Å². The minimum Gasteiger partial charge on any atom is -0.378 e. The van der Waals surface area contributed by atoms with Crippen LogP contribution in [0.15, 0.2) is 65.5 Å². The van der Waals surface area contributed by atoms with Gasteiger partial charge in [0.1, 0.15) is 0 Å². The van der Waals surface area contributed by atoms with E-state index in [1.54, 1.807) is 0 Å². The van der Waals surface area contributed by atoms with Gasteiger partial charge in [0.25, 0.3) is 5.56 Å². The Balaban J connectivity index is 1.74. The zero-order valence-corrected chi connectivity index (χ0v) is 15.7. The fraction of sp³-hybridized carbons (Fsp3) is 0.182. The second kappa shape index (κ2) is 7.44. The minimum atomic E-state index is -0.291. The number of aromatic amines is 1. The van der Waals surface area contributed by atoms with Crippen LogP contribution in [0.3, 0.4) is 0 Å². The quantitative estimate of drug-likeness (QED) is 0.584. The highest BCUT2D eigenvalue weighted by atomic mass is 16.5. The molecule has 0 amide bonds. The number of morpholine rings is 1. The highest BCUT2D eigenvalue weighted by molar-refractivity contribution is 5.84. The summed E-state index contributed by atoms with van der Waals surface area (Å²) in [5.41, 5.74) is 3.48. The van der Waals surface area contributed by atoms with Crippen LogP contribution in [-0.4, -0.2) is 46.2 Å². The number of H-pyrrole nitrogens is 1. The molecule has 0 atom stereocenters.